The number of benzene rings is 1. The Labute approximate surface area is 170 Å². The molecule has 1 heterocycles. The second kappa shape index (κ2) is 8.78. The van der Waals surface area contributed by atoms with Crippen LogP contribution in [0.3, 0.4) is 0 Å². The average molecular weight is 408 g/mol. The number of piperidine rings is 1. The number of nitrogens with one attached hydrogen (secondary N) is 1. The van der Waals surface area contributed by atoms with Gasteiger partial charge in [0.25, 0.3) is 0 Å². The maximum absolute atomic E-state index is 13.9. The topological polar surface area (TPSA) is 73.6 Å². The van der Waals surface area contributed by atoms with Crippen LogP contribution in [0, 0.1) is 17.2 Å². The molecule has 3 rings (SSSR count). The summed E-state index contributed by atoms with van der Waals surface area (Å²) >= 11 is 0. The van der Waals surface area contributed by atoms with Gasteiger partial charge in [-0.05, 0) is 42.7 Å². The van der Waals surface area contributed by atoms with Gasteiger partial charge < -0.3 is 14.7 Å². The number of aliphatic hydroxyl groups is 1. The fraction of sp³-hybridized carbons (Fsp3) is 0.636. The molecule has 0 radical (unpaired) electrons. The average Bonchev–Trinajstić information content (AvgIpc) is 3.11. The Balaban J connectivity index is 1.75. The third kappa shape index (κ3) is 4.77. The fourth-order valence-electron chi connectivity index (χ4n) is 4.37. The molecule has 1 saturated heterocycles. The second-order valence-corrected chi connectivity index (χ2v) is 8.32. The monoisotopic (exact) mass is 408 g/mol. The van der Waals surface area contributed by atoms with E-state index in [2.05, 4.69) is 0 Å². The zero-order valence-electron chi connectivity index (χ0n) is 16.9. The number of esters is 1. The van der Waals surface area contributed by atoms with Crippen molar-refractivity contribution < 1.29 is 23.4 Å². The molecule has 0 bridgehead atoms. The highest BCUT2D eigenvalue weighted by Crippen LogP contribution is 2.48. The number of hydrogen-bond donors (Lipinski definition) is 2. The van der Waals surface area contributed by atoms with Crippen molar-refractivity contribution in [1.82, 2.24) is 4.90 Å². The van der Waals surface area contributed by atoms with E-state index in [9.17, 15) is 18.7 Å². The molecule has 2 N–H and O–H groups in total. The van der Waals surface area contributed by atoms with Crippen LogP contribution in [-0.4, -0.2) is 47.9 Å². The van der Waals surface area contributed by atoms with E-state index in [0.717, 1.165) is 37.9 Å². The molecule has 0 aromatic heterocycles. The van der Waals surface area contributed by atoms with Gasteiger partial charge >= 0.3 is 5.97 Å². The van der Waals surface area contributed by atoms with Gasteiger partial charge in [-0.25, -0.2) is 13.6 Å². The van der Waals surface area contributed by atoms with E-state index in [1.807, 2.05) is 24.0 Å². The molecule has 0 amide bonds. The molecule has 29 heavy (non-hydrogen) atoms. The zero-order valence-corrected chi connectivity index (χ0v) is 16.9. The van der Waals surface area contributed by atoms with Crippen LogP contribution in [0.25, 0.3) is 0 Å². The van der Waals surface area contributed by atoms with Crippen molar-refractivity contribution in [3.05, 3.63) is 35.4 Å². The molecule has 1 aromatic rings. The predicted octanol–water partition coefficient (Wildman–Crippen LogP) is 3.73. The summed E-state index contributed by atoms with van der Waals surface area (Å²) < 4.78 is 33.3. The molecule has 1 aromatic carbocycles. The van der Waals surface area contributed by atoms with Crippen LogP contribution in [0.1, 0.15) is 50.2 Å². The van der Waals surface area contributed by atoms with Gasteiger partial charge in [0.15, 0.2) is 5.60 Å². The minimum atomic E-state index is -2.87. The van der Waals surface area contributed by atoms with Crippen molar-refractivity contribution in [3.8, 4) is 0 Å². The van der Waals surface area contributed by atoms with E-state index in [-0.39, 0.29) is 25.4 Å². The normalized spacial score (nSPS) is 24.1. The van der Waals surface area contributed by atoms with Crippen molar-refractivity contribution in [1.29, 1.82) is 5.41 Å². The molecule has 0 spiro atoms. The third-order valence-corrected chi connectivity index (χ3v) is 6.39. The Morgan fingerprint density at radius 1 is 1.31 bits per heavy atom. The van der Waals surface area contributed by atoms with Crippen molar-refractivity contribution in [2.75, 3.05) is 19.7 Å². The number of nitrogens with zero attached hydrogens (tertiary/aromatic N) is 1. The smallest absolute Gasteiger partial charge is 0.343 e. The lowest BCUT2D eigenvalue weighted by Crippen LogP contribution is -2.45. The van der Waals surface area contributed by atoms with Crippen molar-refractivity contribution in [2.24, 2.45) is 11.8 Å². The molecule has 1 aliphatic carbocycles. The minimum Gasteiger partial charge on any atom is -0.463 e. The summed E-state index contributed by atoms with van der Waals surface area (Å²) in [5, 5.41) is 18.7. The van der Waals surface area contributed by atoms with Crippen molar-refractivity contribution >= 4 is 12.3 Å². The lowest BCUT2D eigenvalue weighted by atomic mass is 9.79. The predicted molar refractivity (Wildman–Crippen MR) is 106 cm³/mol. The molecule has 2 aliphatic rings. The number of rotatable bonds is 7. The van der Waals surface area contributed by atoms with E-state index in [1.54, 1.807) is 12.1 Å². The summed E-state index contributed by atoms with van der Waals surface area (Å²) in [7, 11) is 0. The quantitative estimate of drug-likeness (QED) is 0.410. The summed E-state index contributed by atoms with van der Waals surface area (Å²) in [4.78, 5) is 14.9. The maximum Gasteiger partial charge on any atom is 0.343 e. The first-order valence-electron chi connectivity index (χ1n) is 10.4. The molecule has 2 unspecified atom stereocenters. The van der Waals surface area contributed by atoms with Gasteiger partial charge in [0.05, 0.1) is 12.9 Å². The zero-order chi connectivity index (χ0) is 21.1. The van der Waals surface area contributed by atoms with E-state index in [0.29, 0.717) is 5.56 Å². The summed E-state index contributed by atoms with van der Waals surface area (Å²) in [5.41, 5.74) is -0.706. The Hall–Kier alpha value is -2.02. The van der Waals surface area contributed by atoms with E-state index >= 15 is 0 Å². The van der Waals surface area contributed by atoms with E-state index < -0.39 is 29.8 Å². The molecule has 160 valence electrons. The molecule has 5 nitrogen and oxygen atoms in total. The van der Waals surface area contributed by atoms with Gasteiger partial charge in [0, 0.05) is 31.8 Å². The molecule has 1 aliphatic heterocycles. The van der Waals surface area contributed by atoms with Crippen LogP contribution in [-0.2, 0) is 21.6 Å². The number of alkyl halides is 2. The molecule has 2 atom stereocenters. The van der Waals surface area contributed by atoms with Crippen LogP contribution in [0.4, 0.5) is 8.78 Å². The molecule has 1 saturated carbocycles. The number of hydrogen-bond acceptors (Lipinski definition) is 4. The molecular formula is C22H30F2N2O3. The van der Waals surface area contributed by atoms with Crippen LogP contribution in [0.5, 0.6) is 0 Å². The second-order valence-electron chi connectivity index (χ2n) is 8.32. The maximum atomic E-state index is 13.9. The van der Waals surface area contributed by atoms with Gasteiger partial charge in [-0.1, -0.05) is 31.2 Å². The van der Waals surface area contributed by atoms with Crippen molar-refractivity contribution in [2.45, 2.75) is 57.0 Å². The first-order valence-corrected chi connectivity index (χ1v) is 10.4. The highest BCUT2D eigenvalue weighted by Gasteiger charge is 2.54. The van der Waals surface area contributed by atoms with Gasteiger partial charge in [0.2, 0.25) is 5.92 Å². The number of carbonyl (C=O) groups excluding carboxylic acids is 1. The SMILES string of the molecule is CCc1ccc(C(O)(C(=O)OCC2CCN(C=N)CC2)C2CCC(F)(F)C2)cc1. The van der Waals surface area contributed by atoms with Crippen molar-refractivity contribution in [3.63, 3.8) is 0 Å². The van der Waals surface area contributed by atoms with E-state index in [1.165, 1.54) is 6.34 Å². The van der Waals surface area contributed by atoms with Crippen LogP contribution in [0.2, 0.25) is 0 Å². The third-order valence-electron chi connectivity index (χ3n) is 6.39. The lowest BCUT2D eigenvalue weighted by Gasteiger charge is -2.34. The summed E-state index contributed by atoms with van der Waals surface area (Å²) in [5.74, 6) is -4.44. The van der Waals surface area contributed by atoms with Crippen LogP contribution in [0.15, 0.2) is 24.3 Å². The van der Waals surface area contributed by atoms with E-state index in [4.69, 9.17) is 10.1 Å². The van der Waals surface area contributed by atoms with Crippen LogP contribution < -0.4 is 0 Å². The lowest BCUT2D eigenvalue weighted by molar-refractivity contribution is -0.176. The molecule has 7 heteroatoms. The molecule has 2 fully saturated rings. The number of carbonyl (C=O) groups is 1. The summed E-state index contributed by atoms with van der Waals surface area (Å²) in [6, 6.07) is 6.93. The van der Waals surface area contributed by atoms with Crippen LogP contribution >= 0.6 is 0 Å². The number of halogens is 2. The highest BCUT2D eigenvalue weighted by atomic mass is 19.3. The minimum absolute atomic E-state index is 0.0753. The first-order chi connectivity index (χ1) is 13.8. The Morgan fingerprint density at radius 3 is 2.48 bits per heavy atom. The van der Waals surface area contributed by atoms with Gasteiger partial charge in [0.1, 0.15) is 0 Å². The van der Waals surface area contributed by atoms with Gasteiger partial charge in [-0.2, -0.15) is 0 Å². The van der Waals surface area contributed by atoms with Gasteiger partial charge in [-0.3, -0.25) is 5.41 Å². The largest absolute Gasteiger partial charge is 0.463 e. The number of ether oxygens (including phenoxy) is 1. The summed E-state index contributed by atoms with van der Waals surface area (Å²) in [6.07, 6.45) is 2.90. The first kappa shape index (κ1) is 21.7. The summed E-state index contributed by atoms with van der Waals surface area (Å²) in [6.45, 7) is 3.60. The highest BCUT2D eigenvalue weighted by molar-refractivity contribution is 5.81. The van der Waals surface area contributed by atoms with Gasteiger partial charge in [-0.15, -0.1) is 0 Å². The number of likely N-dealkylation sites (tertiary alicyclic amines) is 1. The fourth-order valence-corrected chi connectivity index (χ4v) is 4.37. The standard InChI is InChI=1S/C22H30F2N2O3/c1-2-16-3-5-18(6-4-16)22(28,19-7-10-21(23,24)13-19)20(27)29-14-17-8-11-26(15-25)12-9-17/h3-6,15,17,19,25,28H,2,7-14H2,1H3. The Kier molecular flexibility index (Phi) is 6.56. The molecular weight excluding hydrogens is 378 g/mol. The Bertz CT molecular complexity index is 717. The number of aryl methyl sites for hydroxylation is 1. The Morgan fingerprint density at radius 2 is 1.97 bits per heavy atom.